The molecule has 0 fully saturated rings. The molecule has 0 aliphatic rings. The Kier molecular flexibility index (Phi) is 24.2. The van der Waals surface area contributed by atoms with Crippen LogP contribution in [0.4, 0.5) is 0 Å². The van der Waals surface area contributed by atoms with Gasteiger partial charge in [-0.15, -0.1) is 0 Å². The predicted octanol–water partition coefficient (Wildman–Crippen LogP) is 7.45. The quantitative estimate of drug-likeness (QED) is 0.0497. The Balaban J connectivity index is 3.55. The zero-order chi connectivity index (χ0) is 27.7. The van der Waals surface area contributed by atoms with Crippen LogP contribution in [0, 0.1) is 0 Å². The van der Waals surface area contributed by atoms with Crippen molar-refractivity contribution in [3.05, 3.63) is 24.3 Å². The van der Waals surface area contributed by atoms with Crippen LogP contribution in [-0.4, -0.2) is 76.7 Å². The summed E-state index contributed by atoms with van der Waals surface area (Å²) < 4.78 is 33.7. The van der Waals surface area contributed by atoms with Gasteiger partial charge in [-0.2, -0.15) is 0 Å². The monoisotopic (exact) mass is 548 g/mol. The molecular weight excluding hydrogens is 489 g/mol. The van der Waals surface area contributed by atoms with Crippen molar-refractivity contribution >= 4 is 7.82 Å². The number of methoxy groups -OCH3 is 1. The molecule has 0 heterocycles. The molecule has 0 saturated heterocycles. The predicted molar refractivity (Wildman–Crippen MR) is 155 cm³/mol. The maximum atomic E-state index is 12.0. The number of unbranched alkanes of at least 4 members (excludes halogenated alkanes) is 11. The van der Waals surface area contributed by atoms with Gasteiger partial charge in [-0.3, -0.25) is 9.05 Å². The Morgan fingerprint density at radius 2 is 1.24 bits per heavy atom. The molecule has 0 aromatic carbocycles. The lowest BCUT2D eigenvalue weighted by molar-refractivity contribution is -0.870. The number of rotatable bonds is 27. The molecular formula is C29H59NO6P+. The van der Waals surface area contributed by atoms with Gasteiger partial charge in [-0.25, -0.2) is 4.57 Å². The number of allylic oxidation sites excluding steroid dienone is 4. The molecule has 0 saturated carbocycles. The maximum Gasteiger partial charge on any atom is 0.472 e. The topological polar surface area (TPSA) is 74.2 Å². The second kappa shape index (κ2) is 24.5. The van der Waals surface area contributed by atoms with E-state index in [4.69, 9.17) is 18.5 Å². The first kappa shape index (κ1) is 36.5. The summed E-state index contributed by atoms with van der Waals surface area (Å²) in [7, 11) is 3.43. The highest BCUT2D eigenvalue weighted by Gasteiger charge is 2.24. The third kappa shape index (κ3) is 28.3. The largest absolute Gasteiger partial charge is 0.472 e. The van der Waals surface area contributed by atoms with E-state index in [1.807, 2.05) is 21.1 Å². The van der Waals surface area contributed by atoms with Gasteiger partial charge >= 0.3 is 7.82 Å². The molecule has 37 heavy (non-hydrogen) atoms. The summed E-state index contributed by atoms with van der Waals surface area (Å²) in [6.07, 6.45) is 26.3. The number of phosphoric acid groups is 1. The summed E-state index contributed by atoms with van der Waals surface area (Å²) in [5, 5.41) is 0. The molecule has 220 valence electrons. The number of nitrogens with zero attached hydrogens (tertiary/aromatic N) is 1. The van der Waals surface area contributed by atoms with Crippen LogP contribution >= 0.6 is 7.82 Å². The van der Waals surface area contributed by atoms with Gasteiger partial charge in [0.15, 0.2) is 0 Å². The van der Waals surface area contributed by atoms with Crippen LogP contribution in [0.2, 0.25) is 0 Å². The van der Waals surface area contributed by atoms with E-state index in [0.29, 0.717) is 24.2 Å². The molecule has 0 rings (SSSR count). The van der Waals surface area contributed by atoms with E-state index in [1.54, 1.807) is 7.11 Å². The van der Waals surface area contributed by atoms with E-state index < -0.39 is 13.9 Å². The second-order valence-electron chi connectivity index (χ2n) is 10.8. The van der Waals surface area contributed by atoms with Crippen molar-refractivity contribution in [2.45, 2.75) is 103 Å². The number of hydrogen-bond donors (Lipinski definition) is 1. The first-order chi connectivity index (χ1) is 17.7. The average Bonchev–Trinajstić information content (AvgIpc) is 2.83. The van der Waals surface area contributed by atoms with E-state index in [-0.39, 0.29) is 13.2 Å². The van der Waals surface area contributed by atoms with Crippen molar-refractivity contribution in [1.82, 2.24) is 0 Å². The van der Waals surface area contributed by atoms with E-state index in [0.717, 1.165) is 12.8 Å². The minimum Gasteiger partial charge on any atom is -0.379 e. The van der Waals surface area contributed by atoms with Gasteiger partial charge < -0.3 is 18.9 Å². The first-order valence-corrected chi connectivity index (χ1v) is 16.0. The summed E-state index contributed by atoms with van der Waals surface area (Å²) in [5.74, 6) is 0. The van der Waals surface area contributed by atoms with Gasteiger partial charge in [0.2, 0.25) is 0 Å². The highest BCUT2D eigenvalue weighted by molar-refractivity contribution is 7.47. The normalized spacial score (nSPS) is 15.1. The van der Waals surface area contributed by atoms with E-state index in [2.05, 4.69) is 31.2 Å². The fourth-order valence-electron chi connectivity index (χ4n) is 3.53. The van der Waals surface area contributed by atoms with Gasteiger partial charge in [0.05, 0.1) is 34.4 Å². The van der Waals surface area contributed by atoms with Crippen molar-refractivity contribution in [1.29, 1.82) is 0 Å². The van der Waals surface area contributed by atoms with Crippen molar-refractivity contribution < 1.29 is 32.5 Å². The fraction of sp³-hybridized carbons (Fsp3) is 0.862. The molecule has 2 atom stereocenters. The Morgan fingerprint density at radius 1 is 0.730 bits per heavy atom. The molecule has 0 aliphatic heterocycles. The van der Waals surface area contributed by atoms with Gasteiger partial charge in [0.1, 0.15) is 19.3 Å². The highest BCUT2D eigenvalue weighted by Crippen LogP contribution is 2.43. The lowest BCUT2D eigenvalue weighted by Gasteiger charge is -2.24. The van der Waals surface area contributed by atoms with Crippen molar-refractivity contribution in [2.75, 3.05) is 61.2 Å². The van der Waals surface area contributed by atoms with Gasteiger partial charge in [0, 0.05) is 13.7 Å². The van der Waals surface area contributed by atoms with Gasteiger partial charge in [0.25, 0.3) is 0 Å². The zero-order valence-electron chi connectivity index (χ0n) is 24.7. The summed E-state index contributed by atoms with van der Waals surface area (Å²) in [6.45, 7) is 3.95. The fourth-order valence-corrected chi connectivity index (χ4v) is 4.28. The summed E-state index contributed by atoms with van der Waals surface area (Å²) in [5.41, 5.74) is 0. The van der Waals surface area contributed by atoms with Crippen molar-refractivity contribution in [2.24, 2.45) is 0 Å². The van der Waals surface area contributed by atoms with Crippen LogP contribution < -0.4 is 0 Å². The number of phosphoric ester groups is 1. The summed E-state index contributed by atoms with van der Waals surface area (Å²) in [4.78, 5) is 9.80. The lowest BCUT2D eigenvalue weighted by atomic mass is 10.1. The third-order valence-corrected chi connectivity index (χ3v) is 7.02. The molecule has 8 heteroatoms. The minimum absolute atomic E-state index is 0.0421. The van der Waals surface area contributed by atoms with Gasteiger partial charge in [-0.1, -0.05) is 69.8 Å². The zero-order valence-corrected chi connectivity index (χ0v) is 25.6. The molecule has 0 radical (unpaired) electrons. The van der Waals surface area contributed by atoms with Crippen LogP contribution in [0.15, 0.2) is 24.3 Å². The first-order valence-electron chi connectivity index (χ1n) is 14.5. The molecule has 0 spiro atoms. The minimum atomic E-state index is -4.08. The van der Waals surface area contributed by atoms with Gasteiger partial charge in [-0.05, 0) is 51.4 Å². The summed E-state index contributed by atoms with van der Waals surface area (Å²) in [6, 6.07) is 0. The smallest absolute Gasteiger partial charge is 0.379 e. The number of quaternary nitrogens is 1. The second-order valence-corrected chi connectivity index (χ2v) is 12.3. The molecule has 0 amide bonds. The van der Waals surface area contributed by atoms with Crippen LogP contribution in [-0.2, 0) is 23.1 Å². The molecule has 0 bridgehead atoms. The van der Waals surface area contributed by atoms with Crippen LogP contribution in [0.1, 0.15) is 96.8 Å². The maximum absolute atomic E-state index is 12.0. The Bertz CT molecular complexity index is 606. The molecule has 7 nitrogen and oxygen atoms in total. The SMILES string of the molecule is CCCC/C=C\CCCC/C=C\CCCCCCCCOC[C@H](COP(=O)(O)OCC[N+](C)(C)C)OC. The lowest BCUT2D eigenvalue weighted by Crippen LogP contribution is -2.37. The van der Waals surface area contributed by atoms with Crippen LogP contribution in [0.5, 0.6) is 0 Å². The van der Waals surface area contributed by atoms with Crippen molar-refractivity contribution in [3.63, 3.8) is 0 Å². The third-order valence-electron chi connectivity index (χ3n) is 6.04. The number of likely N-dealkylation sites (N-methyl/N-ethyl adjacent to an activating group) is 1. The molecule has 0 aromatic heterocycles. The Hall–Kier alpha value is -0.530. The molecule has 0 aromatic rings. The molecule has 0 aliphatic carbocycles. The Morgan fingerprint density at radius 3 is 1.78 bits per heavy atom. The van der Waals surface area contributed by atoms with E-state index in [9.17, 15) is 9.46 Å². The molecule has 1 unspecified atom stereocenters. The number of ether oxygens (including phenoxy) is 2. The van der Waals surface area contributed by atoms with E-state index >= 15 is 0 Å². The molecule has 1 N–H and O–H groups in total. The highest BCUT2D eigenvalue weighted by atomic mass is 31.2. The van der Waals surface area contributed by atoms with Crippen LogP contribution in [0.25, 0.3) is 0 Å². The van der Waals surface area contributed by atoms with Crippen LogP contribution in [0.3, 0.4) is 0 Å². The Labute approximate surface area is 228 Å². The summed E-state index contributed by atoms with van der Waals surface area (Å²) >= 11 is 0. The van der Waals surface area contributed by atoms with E-state index in [1.165, 1.54) is 77.0 Å². The van der Waals surface area contributed by atoms with Crippen molar-refractivity contribution in [3.8, 4) is 0 Å². The average molecular weight is 549 g/mol. The number of hydrogen-bond acceptors (Lipinski definition) is 5. The standard InChI is InChI=1S/C29H58NO6P/c1-6-7-8-9-10-11-12-13-14-15-16-17-18-19-20-21-22-23-25-34-27-29(33-5)28-36-37(31,32)35-26-24-30(2,3)4/h9-10,15-16,29H,6-8,11-14,17-28H2,1-5H3/p+1/b10-9-,16-15-/t29-/m1/s1.